The highest BCUT2D eigenvalue weighted by Gasteiger charge is 2.04. The molecule has 0 spiro atoms. The fourth-order valence-electron chi connectivity index (χ4n) is 0.655. The average molecular weight is 182 g/mol. The van der Waals surface area contributed by atoms with Crippen molar-refractivity contribution >= 4 is 11.8 Å². The van der Waals surface area contributed by atoms with Crippen molar-refractivity contribution < 1.29 is 14.7 Å². The summed E-state index contributed by atoms with van der Waals surface area (Å²) >= 11 is 0. The summed E-state index contributed by atoms with van der Waals surface area (Å²) in [4.78, 5) is 21.6. The van der Waals surface area contributed by atoms with Crippen LogP contribution in [0.3, 0.4) is 0 Å². The topological polar surface area (TPSA) is 54.4 Å². The molecule has 3 nitrogen and oxygen atoms in total. The maximum absolute atomic E-state index is 11.1. The minimum atomic E-state index is -1.02. The van der Waals surface area contributed by atoms with Crippen LogP contribution < -0.4 is 0 Å². The smallest absolute Gasteiger partial charge is 0.335 e. The van der Waals surface area contributed by atoms with E-state index in [0.29, 0.717) is 0 Å². The second kappa shape index (κ2) is 5.30. The molecule has 0 saturated heterocycles. The third-order valence-electron chi connectivity index (χ3n) is 1.55. The molecule has 0 rings (SSSR count). The molecule has 0 atom stereocenters. The van der Waals surface area contributed by atoms with Crippen LogP contribution >= 0.6 is 0 Å². The summed E-state index contributed by atoms with van der Waals surface area (Å²) in [5.74, 6) is -1.18. The van der Waals surface area contributed by atoms with Gasteiger partial charge >= 0.3 is 5.97 Å². The van der Waals surface area contributed by atoms with E-state index in [2.05, 4.69) is 0 Å². The highest BCUT2D eigenvalue weighted by Crippen LogP contribution is 2.00. The van der Waals surface area contributed by atoms with E-state index in [1.807, 2.05) is 0 Å². The Bertz CT molecular complexity index is 259. The summed E-state index contributed by atoms with van der Waals surface area (Å²) in [6, 6.07) is 0. The van der Waals surface area contributed by atoms with Gasteiger partial charge < -0.3 is 5.11 Å². The van der Waals surface area contributed by atoms with Crippen molar-refractivity contribution in [2.75, 3.05) is 0 Å². The predicted molar refractivity (Wildman–Crippen MR) is 50.4 cm³/mol. The van der Waals surface area contributed by atoms with Gasteiger partial charge in [-0.15, -0.1) is 0 Å². The predicted octanol–water partition coefficient (Wildman–Crippen LogP) is 1.80. The molecular weight excluding hydrogens is 168 g/mol. The zero-order valence-corrected chi connectivity index (χ0v) is 8.07. The van der Waals surface area contributed by atoms with Crippen molar-refractivity contribution in [3.63, 3.8) is 0 Å². The number of carbonyl (C=O) groups is 2. The number of carboxylic acids is 1. The molecule has 0 aliphatic heterocycles. The first-order valence-electron chi connectivity index (χ1n) is 4.10. The van der Waals surface area contributed by atoms with Gasteiger partial charge in [-0.3, -0.25) is 4.79 Å². The van der Waals surface area contributed by atoms with Crippen molar-refractivity contribution in [3.05, 3.63) is 23.8 Å². The van der Waals surface area contributed by atoms with Crippen LogP contribution in [0.25, 0.3) is 0 Å². The largest absolute Gasteiger partial charge is 0.478 e. The van der Waals surface area contributed by atoms with E-state index < -0.39 is 5.97 Å². The summed E-state index contributed by atoms with van der Waals surface area (Å²) < 4.78 is 0. The van der Waals surface area contributed by atoms with E-state index in [0.717, 1.165) is 0 Å². The first-order chi connectivity index (χ1) is 5.99. The molecule has 3 heteroatoms. The first-order valence-corrected chi connectivity index (χ1v) is 4.10. The van der Waals surface area contributed by atoms with Crippen LogP contribution in [0.5, 0.6) is 0 Å². The van der Waals surface area contributed by atoms with Gasteiger partial charge in [0.1, 0.15) is 0 Å². The summed E-state index contributed by atoms with van der Waals surface area (Å²) in [6.45, 7) is 5.15. The monoisotopic (exact) mass is 182 g/mol. The Kier molecular flexibility index (Phi) is 4.74. The number of hydrogen-bond donors (Lipinski definition) is 1. The summed E-state index contributed by atoms with van der Waals surface area (Å²) in [7, 11) is 0. The Morgan fingerprint density at radius 2 is 1.77 bits per heavy atom. The molecule has 0 heterocycles. The number of allylic oxidation sites excluding steroid dienone is 2. The maximum atomic E-state index is 11.1. The molecule has 0 aromatic carbocycles. The number of ketones is 1. The van der Waals surface area contributed by atoms with Crippen LogP contribution in [0.2, 0.25) is 0 Å². The van der Waals surface area contributed by atoms with E-state index in [9.17, 15) is 9.59 Å². The Morgan fingerprint density at radius 3 is 2.08 bits per heavy atom. The lowest BCUT2D eigenvalue weighted by Crippen LogP contribution is -2.03. The average Bonchev–Trinajstić information content (AvgIpc) is 2.04. The van der Waals surface area contributed by atoms with E-state index in [4.69, 9.17) is 5.11 Å². The van der Waals surface area contributed by atoms with Crippen molar-refractivity contribution in [2.24, 2.45) is 5.92 Å². The Labute approximate surface area is 77.8 Å². The lowest BCUT2D eigenvalue weighted by atomic mass is 10.1. The SMILES string of the molecule is C/C=C(\C=C/C(=O)C(C)C)C(=O)O. The molecule has 0 saturated carbocycles. The van der Waals surface area contributed by atoms with Gasteiger partial charge in [0.05, 0.1) is 5.57 Å². The van der Waals surface area contributed by atoms with Gasteiger partial charge in [0.25, 0.3) is 0 Å². The number of hydrogen-bond acceptors (Lipinski definition) is 2. The molecular formula is C10H14O3. The minimum Gasteiger partial charge on any atom is -0.478 e. The van der Waals surface area contributed by atoms with Crippen LogP contribution in [0, 0.1) is 5.92 Å². The number of carboxylic acid groups (broad SMARTS) is 1. The molecule has 0 aromatic rings. The standard InChI is InChI=1S/C10H14O3/c1-4-8(10(12)13)5-6-9(11)7(2)3/h4-7H,1-3H3,(H,12,13)/b6-5-,8-4+. The Morgan fingerprint density at radius 1 is 1.23 bits per heavy atom. The van der Waals surface area contributed by atoms with Gasteiger partial charge in [0.15, 0.2) is 5.78 Å². The van der Waals surface area contributed by atoms with Crippen LogP contribution in [0.4, 0.5) is 0 Å². The van der Waals surface area contributed by atoms with Crippen molar-refractivity contribution in [1.82, 2.24) is 0 Å². The molecule has 0 bridgehead atoms. The number of rotatable bonds is 4. The van der Waals surface area contributed by atoms with Gasteiger partial charge in [-0.25, -0.2) is 4.79 Å². The lowest BCUT2D eigenvalue weighted by Gasteiger charge is -1.96. The second-order valence-corrected chi connectivity index (χ2v) is 2.94. The summed E-state index contributed by atoms with van der Waals surface area (Å²) in [6.07, 6.45) is 4.07. The van der Waals surface area contributed by atoms with Crippen molar-refractivity contribution in [2.45, 2.75) is 20.8 Å². The molecule has 0 fully saturated rings. The van der Waals surface area contributed by atoms with Gasteiger partial charge in [-0.1, -0.05) is 19.9 Å². The second-order valence-electron chi connectivity index (χ2n) is 2.94. The Hall–Kier alpha value is -1.38. The molecule has 0 aliphatic rings. The summed E-state index contributed by atoms with van der Waals surface area (Å²) in [5, 5.41) is 8.59. The molecule has 0 aliphatic carbocycles. The minimum absolute atomic E-state index is 0.0689. The van der Waals surface area contributed by atoms with Gasteiger partial charge in [-0.2, -0.15) is 0 Å². The zero-order valence-electron chi connectivity index (χ0n) is 8.07. The van der Waals surface area contributed by atoms with Gasteiger partial charge in [0, 0.05) is 5.92 Å². The number of carbonyl (C=O) groups excluding carboxylic acids is 1. The summed E-state index contributed by atoms with van der Waals surface area (Å²) in [5.41, 5.74) is 0.133. The molecule has 13 heavy (non-hydrogen) atoms. The third-order valence-corrected chi connectivity index (χ3v) is 1.55. The van der Waals surface area contributed by atoms with E-state index in [1.165, 1.54) is 18.2 Å². The Balaban J connectivity index is 4.42. The van der Waals surface area contributed by atoms with Crippen LogP contribution in [0.1, 0.15) is 20.8 Å². The van der Waals surface area contributed by atoms with Crippen molar-refractivity contribution in [1.29, 1.82) is 0 Å². The molecule has 1 N–H and O–H groups in total. The van der Waals surface area contributed by atoms with E-state index in [-0.39, 0.29) is 17.3 Å². The molecule has 0 radical (unpaired) electrons. The van der Waals surface area contributed by atoms with Gasteiger partial charge in [-0.05, 0) is 19.1 Å². The normalized spacial score (nSPS) is 12.5. The first kappa shape index (κ1) is 11.6. The molecule has 0 amide bonds. The third kappa shape index (κ3) is 4.25. The quantitative estimate of drug-likeness (QED) is 0.532. The van der Waals surface area contributed by atoms with Crippen LogP contribution in [-0.2, 0) is 9.59 Å². The van der Waals surface area contributed by atoms with Crippen LogP contribution in [-0.4, -0.2) is 16.9 Å². The number of aliphatic carboxylic acids is 1. The fourth-order valence-corrected chi connectivity index (χ4v) is 0.655. The fraction of sp³-hybridized carbons (Fsp3) is 0.400. The molecule has 0 unspecified atom stereocenters. The molecule has 72 valence electrons. The van der Waals surface area contributed by atoms with Crippen molar-refractivity contribution in [3.8, 4) is 0 Å². The lowest BCUT2D eigenvalue weighted by molar-refractivity contribution is -0.132. The zero-order chi connectivity index (χ0) is 10.4. The van der Waals surface area contributed by atoms with Crippen LogP contribution in [0.15, 0.2) is 23.8 Å². The van der Waals surface area contributed by atoms with E-state index in [1.54, 1.807) is 20.8 Å². The van der Waals surface area contributed by atoms with E-state index >= 15 is 0 Å². The maximum Gasteiger partial charge on any atom is 0.335 e. The highest BCUT2D eigenvalue weighted by molar-refractivity contribution is 5.95. The molecule has 0 aromatic heterocycles. The highest BCUT2D eigenvalue weighted by atomic mass is 16.4. The van der Waals surface area contributed by atoms with Gasteiger partial charge in [0.2, 0.25) is 0 Å².